The maximum atomic E-state index is 12.1. The number of cyclic esters (lactones) is 1. The van der Waals surface area contributed by atoms with Gasteiger partial charge in [-0.2, -0.15) is 0 Å². The predicted octanol–water partition coefficient (Wildman–Crippen LogP) is -0.111. The minimum atomic E-state index is -0.475. The monoisotopic (exact) mass is 312 g/mol. The van der Waals surface area contributed by atoms with Crippen molar-refractivity contribution in [2.45, 2.75) is 38.6 Å². The van der Waals surface area contributed by atoms with E-state index in [-0.39, 0.29) is 50.0 Å². The average molecular weight is 312 g/mol. The van der Waals surface area contributed by atoms with E-state index in [4.69, 9.17) is 9.84 Å². The molecule has 1 aliphatic heterocycles. The van der Waals surface area contributed by atoms with E-state index in [2.05, 4.69) is 10.6 Å². The van der Waals surface area contributed by atoms with Crippen LogP contribution in [0.25, 0.3) is 0 Å². The quantitative estimate of drug-likeness (QED) is 0.496. The minimum Gasteiger partial charge on any atom is -0.464 e. The lowest BCUT2D eigenvalue weighted by Gasteiger charge is -2.17. The molecule has 124 valence electrons. The largest absolute Gasteiger partial charge is 0.464 e. The first kappa shape index (κ1) is 18.2. The van der Waals surface area contributed by atoms with E-state index in [1.807, 2.05) is 12.2 Å². The normalized spacial score (nSPS) is 21.8. The zero-order chi connectivity index (χ0) is 16.4. The molecule has 2 amide bonds. The summed E-state index contributed by atoms with van der Waals surface area (Å²) in [6.07, 6.45) is 4.98. The fourth-order valence-electron chi connectivity index (χ4n) is 2.02. The molecule has 0 bridgehead atoms. The van der Waals surface area contributed by atoms with Crippen molar-refractivity contribution < 1.29 is 24.2 Å². The third-order valence-electron chi connectivity index (χ3n) is 3.25. The summed E-state index contributed by atoms with van der Waals surface area (Å²) < 4.78 is 4.95. The molecule has 0 spiro atoms. The van der Waals surface area contributed by atoms with Gasteiger partial charge in [-0.15, -0.1) is 0 Å². The molecule has 0 aromatic heterocycles. The van der Waals surface area contributed by atoms with Crippen LogP contribution in [-0.2, 0) is 19.1 Å². The predicted molar refractivity (Wildman–Crippen MR) is 79.8 cm³/mol. The van der Waals surface area contributed by atoms with Crippen LogP contribution in [0.4, 0.5) is 0 Å². The fourth-order valence-corrected chi connectivity index (χ4v) is 2.02. The number of amides is 2. The molecule has 0 unspecified atom stereocenters. The second-order valence-electron chi connectivity index (χ2n) is 5.31. The van der Waals surface area contributed by atoms with Gasteiger partial charge in [-0.05, 0) is 19.8 Å². The van der Waals surface area contributed by atoms with Crippen molar-refractivity contribution in [2.75, 3.05) is 19.8 Å². The summed E-state index contributed by atoms with van der Waals surface area (Å²) in [4.78, 5) is 35.2. The Kier molecular flexibility index (Phi) is 8.21. The Balaban J connectivity index is 2.60. The van der Waals surface area contributed by atoms with Crippen molar-refractivity contribution in [1.29, 1.82) is 0 Å². The van der Waals surface area contributed by atoms with E-state index < -0.39 is 5.92 Å². The lowest BCUT2D eigenvalue weighted by Crippen LogP contribution is -2.39. The number of aliphatic hydroxyl groups is 1. The molecule has 0 aromatic carbocycles. The number of hydrogen-bond acceptors (Lipinski definition) is 5. The van der Waals surface area contributed by atoms with Crippen LogP contribution in [-0.4, -0.2) is 48.7 Å². The molecule has 1 rings (SSSR count). The first-order chi connectivity index (χ1) is 10.5. The van der Waals surface area contributed by atoms with Crippen LogP contribution in [0.2, 0.25) is 0 Å². The van der Waals surface area contributed by atoms with Crippen LogP contribution in [0, 0.1) is 5.92 Å². The summed E-state index contributed by atoms with van der Waals surface area (Å²) in [7, 11) is 0. The number of rotatable bonds is 4. The number of ether oxygens (including phenoxy) is 1. The third kappa shape index (κ3) is 7.21. The van der Waals surface area contributed by atoms with Gasteiger partial charge in [0.15, 0.2) is 0 Å². The standard InChI is InChI=1S/C15H24N2O5/c1-11(10-18)17-13(19)9-12-5-3-2-4-6-14(20)22-8-7-16-15(12)21/h2-3,11-12,18H,4-10H2,1H3,(H,16,21)(H,17,19)/t11-,12-/m1/s1. The summed E-state index contributed by atoms with van der Waals surface area (Å²) in [6, 6.07) is -0.336. The highest BCUT2D eigenvalue weighted by Crippen LogP contribution is 2.11. The molecule has 0 radical (unpaired) electrons. The van der Waals surface area contributed by atoms with Gasteiger partial charge in [-0.1, -0.05) is 12.2 Å². The summed E-state index contributed by atoms with van der Waals surface area (Å²) in [5.74, 6) is -1.27. The van der Waals surface area contributed by atoms with E-state index in [1.165, 1.54) is 0 Å². The summed E-state index contributed by atoms with van der Waals surface area (Å²) in [6.45, 7) is 1.91. The molecule has 7 nitrogen and oxygen atoms in total. The van der Waals surface area contributed by atoms with E-state index in [0.29, 0.717) is 19.3 Å². The van der Waals surface area contributed by atoms with Crippen molar-refractivity contribution in [1.82, 2.24) is 10.6 Å². The molecule has 1 aliphatic rings. The number of allylic oxidation sites excluding steroid dienone is 2. The van der Waals surface area contributed by atoms with Crippen LogP contribution < -0.4 is 10.6 Å². The van der Waals surface area contributed by atoms with Gasteiger partial charge in [0.25, 0.3) is 0 Å². The number of carbonyl (C=O) groups is 3. The highest BCUT2D eigenvalue weighted by Gasteiger charge is 2.21. The molecule has 22 heavy (non-hydrogen) atoms. The van der Waals surface area contributed by atoms with Crippen LogP contribution in [0.3, 0.4) is 0 Å². The lowest BCUT2D eigenvalue weighted by molar-refractivity contribution is -0.144. The van der Waals surface area contributed by atoms with Gasteiger partial charge in [0, 0.05) is 18.9 Å². The van der Waals surface area contributed by atoms with Crippen LogP contribution in [0.5, 0.6) is 0 Å². The SMILES string of the molecule is C[C@H](CO)NC(=O)C[C@H]1CC=CCCC(=O)OCCNC1=O. The van der Waals surface area contributed by atoms with E-state index in [9.17, 15) is 14.4 Å². The van der Waals surface area contributed by atoms with Crippen molar-refractivity contribution in [3.8, 4) is 0 Å². The van der Waals surface area contributed by atoms with Crippen molar-refractivity contribution in [3.05, 3.63) is 12.2 Å². The third-order valence-corrected chi connectivity index (χ3v) is 3.25. The molecule has 1 heterocycles. The number of hydrogen-bond donors (Lipinski definition) is 3. The van der Waals surface area contributed by atoms with Crippen molar-refractivity contribution >= 4 is 17.8 Å². The Bertz CT molecular complexity index is 422. The maximum Gasteiger partial charge on any atom is 0.306 e. The Hall–Kier alpha value is -1.89. The highest BCUT2D eigenvalue weighted by molar-refractivity contribution is 5.86. The molecule has 7 heteroatoms. The lowest BCUT2D eigenvalue weighted by atomic mass is 9.99. The van der Waals surface area contributed by atoms with Gasteiger partial charge < -0.3 is 20.5 Å². The Labute approximate surface area is 130 Å². The smallest absolute Gasteiger partial charge is 0.306 e. The molecular weight excluding hydrogens is 288 g/mol. The van der Waals surface area contributed by atoms with Crippen molar-refractivity contribution in [2.24, 2.45) is 5.92 Å². The van der Waals surface area contributed by atoms with Gasteiger partial charge in [-0.25, -0.2) is 0 Å². The van der Waals surface area contributed by atoms with Crippen molar-refractivity contribution in [3.63, 3.8) is 0 Å². The first-order valence-electron chi connectivity index (χ1n) is 7.51. The van der Waals surface area contributed by atoms with Gasteiger partial charge in [-0.3, -0.25) is 14.4 Å². The zero-order valence-corrected chi connectivity index (χ0v) is 12.8. The molecule has 0 saturated heterocycles. The number of nitrogens with one attached hydrogen (secondary N) is 2. The number of esters is 1. The summed E-state index contributed by atoms with van der Waals surface area (Å²) in [5, 5.41) is 14.2. The number of carbonyl (C=O) groups excluding carboxylic acids is 3. The molecular formula is C15H24N2O5. The Morgan fingerprint density at radius 3 is 3.00 bits per heavy atom. The summed E-state index contributed by atoms with van der Waals surface area (Å²) in [5.41, 5.74) is 0. The fraction of sp³-hybridized carbons (Fsp3) is 0.667. The Morgan fingerprint density at radius 1 is 1.50 bits per heavy atom. The molecule has 2 atom stereocenters. The van der Waals surface area contributed by atoms with Gasteiger partial charge in [0.05, 0.1) is 19.1 Å². The van der Waals surface area contributed by atoms with Crippen LogP contribution in [0.15, 0.2) is 12.2 Å². The second kappa shape index (κ2) is 9.94. The second-order valence-corrected chi connectivity index (χ2v) is 5.31. The first-order valence-corrected chi connectivity index (χ1v) is 7.51. The number of aliphatic hydroxyl groups excluding tert-OH is 1. The van der Waals surface area contributed by atoms with Gasteiger partial charge >= 0.3 is 5.97 Å². The van der Waals surface area contributed by atoms with Crippen LogP contribution >= 0.6 is 0 Å². The van der Waals surface area contributed by atoms with E-state index in [0.717, 1.165) is 0 Å². The summed E-state index contributed by atoms with van der Waals surface area (Å²) >= 11 is 0. The molecule has 3 N–H and O–H groups in total. The minimum absolute atomic E-state index is 0.0559. The van der Waals surface area contributed by atoms with Crippen LogP contribution in [0.1, 0.15) is 32.6 Å². The molecule has 0 fully saturated rings. The topological polar surface area (TPSA) is 105 Å². The molecule has 0 aliphatic carbocycles. The maximum absolute atomic E-state index is 12.1. The van der Waals surface area contributed by atoms with Gasteiger partial charge in [0.1, 0.15) is 6.61 Å². The average Bonchev–Trinajstić information content (AvgIpc) is 2.48. The zero-order valence-electron chi connectivity index (χ0n) is 12.8. The highest BCUT2D eigenvalue weighted by atomic mass is 16.5. The Morgan fingerprint density at radius 2 is 2.27 bits per heavy atom. The molecule has 0 aromatic rings. The van der Waals surface area contributed by atoms with E-state index >= 15 is 0 Å². The molecule has 0 saturated carbocycles. The van der Waals surface area contributed by atoms with Gasteiger partial charge in [0.2, 0.25) is 11.8 Å². The van der Waals surface area contributed by atoms with E-state index in [1.54, 1.807) is 6.92 Å².